The molecule has 4 fully saturated rings. The van der Waals surface area contributed by atoms with E-state index in [1.807, 2.05) is 44.1 Å². The number of alkyl halides is 1. The van der Waals surface area contributed by atoms with Crippen LogP contribution >= 0.6 is 22.6 Å². The van der Waals surface area contributed by atoms with Gasteiger partial charge in [0.15, 0.2) is 8.32 Å². The number of hydrogen-bond acceptors (Lipinski definition) is 6. The molecule has 1 aromatic rings. The van der Waals surface area contributed by atoms with Crippen LogP contribution < -0.4 is 0 Å². The van der Waals surface area contributed by atoms with Crippen LogP contribution in [0.1, 0.15) is 139 Å². The molecule has 0 spiro atoms. The molecule has 11 heteroatoms. The van der Waals surface area contributed by atoms with Gasteiger partial charge in [-0.05, 0) is 94.0 Å². The van der Waals surface area contributed by atoms with Gasteiger partial charge >= 0.3 is 5.97 Å². The van der Waals surface area contributed by atoms with Crippen LogP contribution in [0.25, 0.3) is 0 Å². The second-order valence-corrected chi connectivity index (χ2v) is 28.2. The Hall–Kier alpha value is -1.02. The Balaban J connectivity index is 1.76. The monoisotopic (exact) mass is 898 g/mol. The highest BCUT2D eigenvalue weighted by molar-refractivity contribution is 14.1. The minimum atomic E-state index is -4.01. The first-order valence-electron chi connectivity index (χ1n) is 21.1. The van der Waals surface area contributed by atoms with Crippen molar-refractivity contribution in [2.24, 2.45) is 22.7 Å². The Bertz CT molecular complexity index is 1560. The Morgan fingerprint density at radius 3 is 2.09 bits per heavy atom. The molecule has 4 bridgehead atoms. The third-order valence-electron chi connectivity index (χ3n) is 14.0. The summed E-state index contributed by atoms with van der Waals surface area (Å²) in [4.78, 5) is 30.8. The maximum atomic E-state index is 15.4. The van der Waals surface area contributed by atoms with Gasteiger partial charge < -0.3 is 14.1 Å². The molecule has 4 aliphatic rings. The van der Waals surface area contributed by atoms with Crippen LogP contribution in [0.3, 0.4) is 0 Å². The first-order valence-corrected chi connectivity index (χ1v) is 25.9. The number of rotatable bonds is 11. The molecule has 3 saturated heterocycles. The van der Waals surface area contributed by atoms with Crippen molar-refractivity contribution in [1.82, 2.24) is 9.21 Å². The van der Waals surface area contributed by atoms with Gasteiger partial charge in [-0.15, -0.1) is 0 Å². The number of halogens is 1. The number of hydrogen-bond donors (Lipinski definition) is 0. The van der Waals surface area contributed by atoms with Crippen molar-refractivity contribution >= 4 is 52.8 Å². The summed E-state index contributed by atoms with van der Waals surface area (Å²) in [6.07, 6.45) is 10.0. The van der Waals surface area contributed by atoms with Gasteiger partial charge in [0.25, 0.3) is 0 Å². The molecule has 6 atom stereocenters. The van der Waals surface area contributed by atoms with Crippen molar-refractivity contribution in [2.45, 2.75) is 177 Å². The first-order chi connectivity index (χ1) is 25.3. The van der Waals surface area contributed by atoms with Crippen LogP contribution in [0.5, 0.6) is 0 Å². The molecule has 0 radical (unpaired) electrons. The van der Waals surface area contributed by atoms with Crippen molar-refractivity contribution in [3.8, 4) is 0 Å². The van der Waals surface area contributed by atoms with Gasteiger partial charge in [0.1, 0.15) is 0 Å². The maximum absolute atomic E-state index is 15.4. The summed E-state index contributed by atoms with van der Waals surface area (Å²) in [5.41, 5.74) is -0.109. The lowest BCUT2D eigenvalue weighted by atomic mass is 9.51. The highest BCUT2D eigenvalue weighted by Gasteiger charge is 2.75. The third kappa shape index (κ3) is 8.02. The minimum Gasteiger partial charge on any atom is -0.465 e. The van der Waals surface area contributed by atoms with E-state index in [1.54, 1.807) is 12.1 Å². The lowest BCUT2D eigenvalue weighted by Gasteiger charge is -2.65. The van der Waals surface area contributed by atoms with Gasteiger partial charge in [0.2, 0.25) is 15.9 Å². The van der Waals surface area contributed by atoms with Crippen molar-refractivity contribution < 1.29 is 27.2 Å². The molecule has 6 unspecified atom stereocenters. The molecule has 3 heterocycles. The summed E-state index contributed by atoms with van der Waals surface area (Å²) in [5, 5.41) is 0. The van der Waals surface area contributed by atoms with Crippen LogP contribution in [0, 0.1) is 29.6 Å². The maximum Gasteiger partial charge on any atom is 0.311 e. The Morgan fingerprint density at radius 1 is 0.944 bits per heavy atom. The van der Waals surface area contributed by atoms with Gasteiger partial charge in [-0.25, -0.2) is 8.42 Å². The number of ether oxygens (including phenoxy) is 1. The number of sulfonamides is 1. The fourth-order valence-corrected chi connectivity index (χ4v) is 20.9. The number of benzene rings is 1. The number of nitrogens with zero attached hydrogens (tertiary/aromatic N) is 2. The van der Waals surface area contributed by atoms with E-state index in [0.29, 0.717) is 47.6 Å². The van der Waals surface area contributed by atoms with E-state index in [-0.39, 0.29) is 34.2 Å². The SMILES string of the molecule is Cc1ccc(S(=O)(=O)N2CC3CC4(COC(=O)C(C)(C)C)CCCCCCCCCC(=O)N5CCC3C2(C(I)CO[Si](C(C)C)(C(C)C)C(C)C)C54)cc1. The average Bonchev–Trinajstić information content (AvgIpc) is 3.36. The van der Waals surface area contributed by atoms with Crippen molar-refractivity contribution in [3.05, 3.63) is 29.8 Å². The molecule has 1 aromatic carbocycles. The summed E-state index contributed by atoms with van der Waals surface area (Å²) in [5.74, 6) is -0.0200. The van der Waals surface area contributed by atoms with Crippen LogP contribution in [-0.2, 0) is 28.8 Å². The number of esters is 1. The van der Waals surface area contributed by atoms with Gasteiger partial charge in [-0.2, -0.15) is 4.31 Å². The van der Waals surface area contributed by atoms with Gasteiger partial charge in [0.05, 0.1) is 32.4 Å². The molecule has 1 aliphatic carbocycles. The third-order valence-corrected chi connectivity index (χ3v) is 23.3. The molecular formula is C43H71IN2O6SSi. The number of aryl methyl sites for hydroxylation is 1. The molecule has 1 amide bonds. The average molecular weight is 899 g/mol. The number of carbonyl (C=O) groups is 2. The van der Waals surface area contributed by atoms with E-state index in [9.17, 15) is 9.59 Å². The highest BCUT2D eigenvalue weighted by Crippen LogP contribution is 2.65. The van der Waals surface area contributed by atoms with E-state index < -0.39 is 40.8 Å². The zero-order valence-corrected chi connectivity index (χ0v) is 39.1. The van der Waals surface area contributed by atoms with Gasteiger partial charge in [0, 0.05) is 31.5 Å². The summed E-state index contributed by atoms with van der Waals surface area (Å²) in [6.45, 7) is 23.0. The molecule has 3 aliphatic heterocycles. The van der Waals surface area contributed by atoms with E-state index in [4.69, 9.17) is 9.16 Å². The summed E-state index contributed by atoms with van der Waals surface area (Å²) in [7, 11) is -6.35. The molecule has 54 heavy (non-hydrogen) atoms. The molecular weight excluding hydrogens is 828 g/mol. The Labute approximate surface area is 343 Å². The molecule has 306 valence electrons. The van der Waals surface area contributed by atoms with Crippen molar-refractivity contribution in [3.63, 3.8) is 0 Å². The predicted molar refractivity (Wildman–Crippen MR) is 229 cm³/mol. The van der Waals surface area contributed by atoms with Crippen LogP contribution in [0.15, 0.2) is 29.2 Å². The van der Waals surface area contributed by atoms with Crippen molar-refractivity contribution in [2.75, 3.05) is 26.3 Å². The molecule has 1 saturated carbocycles. The fraction of sp³-hybridized carbons (Fsp3) is 0.814. The second kappa shape index (κ2) is 17.1. The zero-order chi connectivity index (χ0) is 39.9. The number of amides is 1. The van der Waals surface area contributed by atoms with Crippen molar-refractivity contribution in [1.29, 1.82) is 0 Å². The smallest absolute Gasteiger partial charge is 0.311 e. The summed E-state index contributed by atoms with van der Waals surface area (Å²) < 4.78 is 46.2. The molecule has 8 nitrogen and oxygen atoms in total. The summed E-state index contributed by atoms with van der Waals surface area (Å²) in [6, 6.07) is 6.81. The lowest BCUT2D eigenvalue weighted by Crippen LogP contribution is -2.78. The predicted octanol–water partition coefficient (Wildman–Crippen LogP) is 10.1. The van der Waals surface area contributed by atoms with E-state index in [0.717, 1.165) is 69.8 Å². The Kier molecular flexibility index (Phi) is 13.9. The minimum absolute atomic E-state index is 0.0487. The lowest BCUT2D eigenvalue weighted by molar-refractivity contribution is -0.178. The number of carbonyl (C=O) groups excluding carboxylic acids is 2. The summed E-state index contributed by atoms with van der Waals surface area (Å²) >= 11 is 2.55. The molecule has 5 rings (SSSR count). The van der Waals surface area contributed by atoms with E-state index >= 15 is 8.42 Å². The van der Waals surface area contributed by atoms with E-state index in [1.165, 1.54) is 0 Å². The molecule has 0 N–H and O–H groups in total. The van der Waals surface area contributed by atoms with Crippen LogP contribution in [0.4, 0.5) is 0 Å². The first kappa shape index (κ1) is 44.1. The highest BCUT2D eigenvalue weighted by atomic mass is 127. The second-order valence-electron chi connectivity index (χ2n) is 19.3. The topological polar surface area (TPSA) is 93.2 Å². The fourth-order valence-electron chi connectivity index (χ4n) is 11.7. The standard InChI is InChI=1S/C43H71IN2O6SSi/c1-30(2)54(31(3)4,32(5)6)52-28-37(44)43-36-23-25-45-38(47)18-16-14-12-11-13-15-17-24-42(39(43)45,29-51-40(48)41(8,9)10)26-34(36)27-46(43)53(49,50)35-21-19-33(7)20-22-35/h19-22,30-32,34,36-37,39H,11-18,23-29H2,1-10H3. The van der Waals surface area contributed by atoms with Crippen LogP contribution in [0.2, 0.25) is 16.6 Å². The Morgan fingerprint density at radius 2 is 1.52 bits per heavy atom. The largest absolute Gasteiger partial charge is 0.465 e. The van der Waals surface area contributed by atoms with Gasteiger partial charge in [-0.3, -0.25) is 9.59 Å². The zero-order valence-electron chi connectivity index (χ0n) is 35.1. The van der Waals surface area contributed by atoms with E-state index in [2.05, 4.69) is 69.0 Å². The quantitative estimate of drug-likeness (QED) is 0.0951. The normalized spacial score (nSPS) is 29.6. The van der Waals surface area contributed by atoms with Gasteiger partial charge in [-0.1, -0.05) is 120 Å². The molecule has 0 aromatic heterocycles. The van der Waals surface area contributed by atoms with Crippen LogP contribution in [-0.4, -0.2) is 79.6 Å². The number of piperidine rings is 1.